The first-order chi connectivity index (χ1) is 7.85. The van der Waals surface area contributed by atoms with Crippen LogP contribution in [0.3, 0.4) is 0 Å². The number of benzene rings is 1. The van der Waals surface area contributed by atoms with E-state index in [1.54, 1.807) is 0 Å². The third-order valence-electron chi connectivity index (χ3n) is 2.49. The van der Waals surface area contributed by atoms with Crippen LogP contribution in [0.25, 0.3) is 0 Å². The molecule has 1 rings (SSSR count). The van der Waals surface area contributed by atoms with E-state index >= 15 is 0 Å². The number of alkyl halides is 3. The SMILES string of the molecule is Cc1cc(C(F)(F)F)cc(S(=O)(=O)C(C)(C)C)c1. The van der Waals surface area contributed by atoms with Crippen molar-refractivity contribution >= 4 is 9.84 Å². The second-order valence-corrected chi connectivity index (χ2v) is 7.85. The van der Waals surface area contributed by atoms with Crippen molar-refractivity contribution in [1.29, 1.82) is 0 Å². The van der Waals surface area contributed by atoms with E-state index in [2.05, 4.69) is 0 Å². The Balaban J connectivity index is 3.51. The Labute approximate surface area is 105 Å². The van der Waals surface area contributed by atoms with Crippen LogP contribution in [0.4, 0.5) is 13.2 Å². The normalized spacial score (nSPS) is 13.7. The molecule has 0 unspecified atom stereocenters. The molecule has 0 aliphatic rings. The van der Waals surface area contributed by atoms with Crippen molar-refractivity contribution in [2.45, 2.75) is 43.5 Å². The molecular formula is C12H15F3O2S. The molecule has 102 valence electrons. The van der Waals surface area contributed by atoms with Crippen LogP contribution in [0.1, 0.15) is 31.9 Å². The molecule has 1 aromatic rings. The molecule has 6 heteroatoms. The molecule has 0 fully saturated rings. The molecule has 2 nitrogen and oxygen atoms in total. The highest BCUT2D eigenvalue weighted by atomic mass is 32.2. The summed E-state index contributed by atoms with van der Waals surface area (Å²) < 4.78 is 61.0. The second kappa shape index (κ2) is 4.26. The fourth-order valence-electron chi connectivity index (χ4n) is 1.42. The van der Waals surface area contributed by atoms with E-state index in [-0.39, 0.29) is 10.5 Å². The van der Waals surface area contributed by atoms with Crippen LogP contribution in [0.15, 0.2) is 23.1 Å². The summed E-state index contributed by atoms with van der Waals surface area (Å²) in [4.78, 5) is -0.290. The summed E-state index contributed by atoms with van der Waals surface area (Å²) in [6.45, 7) is 5.81. The molecule has 0 aromatic heterocycles. The minimum Gasteiger partial charge on any atom is -0.223 e. The van der Waals surface area contributed by atoms with Gasteiger partial charge in [-0.3, -0.25) is 0 Å². The van der Waals surface area contributed by atoms with Gasteiger partial charge in [0.2, 0.25) is 0 Å². The number of halogens is 3. The van der Waals surface area contributed by atoms with E-state index in [1.807, 2.05) is 0 Å². The molecule has 0 radical (unpaired) electrons. The van der Waals surface area contributed by atoms with Gasteiger partial charge in [-0.15, -0.1) is 0 Å². The van der Waals surface area contributed by atoms with Crippen molar-refractivity contribution in [1.82, 2.24) is 0 Å². The van der Waals surface area contributed by atoms with Crippen LogP contribution in [0.5, 0.6) is 0 Å². The minimum absolute atomic E-state index is 0.271. The topological polar surface area (TPSA) is 34.1 Å². The first-order valence-electron chi connectivity index (χ1n) is 5.29. The summed E-state index contributed by atoms with van der Waals surface area (Å²) >= 11 is 0. The van der Waals surface area contributed by atoms with E-state index in [0.29, 0.717) is 6.07 Å². The van der Waals surface area contributed by atoms with Crippen molar-refractivity contribution in [2.75, 3.05) is 0 Å². The fraction of sp³-hybridized carbons (Fsp3) is 0.500. The maximum Gasteiger partial charge on any atom is 0.416 e. The van der Waals surface area contributed by atoms with E-state index < -0.39 is 26.3 Å². The summed E-state index contributed by atoms with van der Waals surface area (Å²) in [5.74, 6) is 0. The minimum atomic E-state index is -4.55. The van der Waals surface area contributed by atoms with E-state index in [1.165, 1.54) is 33.8 Å². The van der Waals surface area contributed by atoms with Crippen LogP contribution in [0, 0.1) is 6.92 Å². The van der Waals surface area contributed by atoms with E-state index in [0.717, 1.165) is 6.07 Å². The van der Waals surface area contributed by atoms with Crippen molar-refractivity contribution in [2.24, 2.45) is 0 Å². The summed E-state index contributed by atoms with van der Waals surface area (Å²) in [6, 6.07) is 2.88. The van der Waals surface area contributed by atoms with E-state index in [4.69, 9.17) is 0 Å². The maximum absolute atomic E-state index is 12.6. The highest BCUT2D eigenvalue weighted by Crippen LogP contribution is 2.33. The number of sulfone groups is 1. The molecule has 0 saturated carbocycles. The van der Waals surface area contributed by atoms with Gasteiger partial charge in [-0.25, -0.2) is 8.42 Å². The van der Waals surface area contributed by atoms with Crippen molar-refractivity contribution in [3.8, 4) is 0 Å². The lowest BCUT2D eigenvalue weighted by atomic mass is 10.1. The Kier molecular flexibility index (Phi) is 3.55. The Morgan fingerprint density at radius 3 is 1.89 bits per heavy atom. The zero-order chi connectivity index (χ0) is 14.4. The first kappa shape index (κ1) is 15.0. The highest BCUT2D eigenvalue weighted by molar-refractivity contribution is 7.92. The summed E-state index contributed by atoms with van der Waals surface area (Å²) in [7, 11) is -3.78. The van der Waals surface area contributed by atoms with Gasteiger partial charge in [0.15, 0.2) is 9.84 Å². The fourth-order valence-corrected chi connectivity index (χ4v) is 2.75. The largest absolute Gasteiger partial charge is 0.416 e. The predicted molar refractivity (Wildman–Crippen MR) is 63.1 cm³/mol. The molecule has 0 N–H and O–H groups in total. The summed E-state index contributed by atoms with van der Waals surface area (Å²) in [5.41, 5.74) is -0.669. The Hall–Kier alpha value is -1.04. The molecule has 0 aliphatic carbocycles. The van der Waals surface area contributed by atoms with Gasteiger partial charge in [-0.1, -0.05) is 0 Å². The monoisotopic (exact) mass is 280 g/mol. The average molecular weight is 280 g/mol. The van der Waals surface area contributed by atoms with Crippen LogP contribution in [-0.2, 0) is 16.0 Å². The molecule has 0 spiro atoms. The van der Waals surface area contributed by atoms with Gasteiger partial charge in [0.25, 0.3) is 0 Å². The van der Waals surface area contributed by atoms with Gasteiger partial charge in [-0.05, 0) is 51.5 Å². The molecule has 0 atom stereocenters. The molecular weight excluding hydrogens is 265 g/mol. The third kappa shape index (κ3) is 2.85. The lowest BCUT2D eigenvalue weighted by Gasteiger charge is -2.20. The first-order valence-corrected chi connectivity index (χ1v) is 6.77. The average Bonchev–Trinajstić information content (AvgIpc) is 2.13. The van der Waals surface area contributed by atoms with Gasteiger partial charge >= 0.3 is 6.18 Å². The third-order valence-corrected chi connectivity index (χ3v) is 4.96. The predicted octanol–water partition coefficient (Wildman–Crippen LogP) is 3.59. The van der Waals surface area contributed by atoms with Crippen molar-refractivity contribution in [3.63, 3.8) is 0 Å². The van der Waals surface area contributed by atoms with Gasteiger partial charge in [-0.2, -0.15) is 13.2 Å². The highest BCUT2D eigenvalue weighted by Gasteiger charge is 2.35. The molecule has 0 aliphatic heterocycles. The Morgan fingerprint density at radius 1 is 1.00 bits per heavy atom. The van der Waals surface area contributed by atoms with Gasteiger partial charge < -0.3 is 0 Å². The van der Waals surface area contributed by atoms with Crippen LogP contribution < -0.4 is 0 Å². The standard InChI is InChI=1S/C12H15F3O2S/c1-8-5-9(12(13,14)15)7-10(6-8)18(16,17)11(2,3)4/h5-7H,1-4H3. The quantitative estimate of drug-likeness (QED) is 0.788. The number of aryl methyl sites for hydroxylation is 1. The zero-order valence-corrected chi connectivity index (χ0v) is 11.4. The summed E-state index contributed by atoms with van der Waals surface area (Å²) in [5, 5.41) is 0. The number of hydrogen-bond donors (Lipinski definition) is 0. The van der Waals surface area contributed by atoms with Crippen LogP contribution >= 0.6 is 0 Å². The maximum atomic E-state index is 12.6. The Morgan fingerprint density at radius 2 is 1.50 bits per heavy atom. The van der Waals surface area contributed by atoms with E-state index in [9.17, 15) is 21.6 Å². The molecule has 0 bridgehead atoms. The molecule has 0 heterocycles. The molecule has 0 saturated heterocycles. The smallest absolute Gasteiger partial charge is 0.223 e. The van der Waals surface area contributed by atoms with Crippen molar-refractivity contribution < 1.29 is 21.6 Å². The molecule has 18 heavy (non-hydrogen) atoms. The second-order valence-electron chi connectivity index (χ2n) is 5.15. The zero-order valence-electron chi connectivity index (χ0n) is 10.6. The lowest BCUT2D eigenvalue weighted by molar-refractivity contribution is -0.137. The molecule has 1 aromatic carbocycles. The molecule has 0 amide bonds. The number of rotatable bonds is 1. The number of hydrogen-bond acceptors (Lipinski definition) is 2. The lowest BCUT2D eigenvalue weighted by Crippen LogP contribution is -2.28. The van der Waals surface area contributed by atoms with Gasteiger partial charge in [0.1, 0.15) is 0 Å². The Bertz CT molecular complexity index is 552. The van der Waals surface area contributed by atoms with Gasteiger partial charge in [0, 0.05) is 0 Å². The van der Waals surface area contributed by atoms with Crippen molar-refractivity contribution in [3.05, 3.63) is 29.3 Å². The van der Waals surface area contributed by atoms with Crippen LogP contribution in [0.2, 0.25) is 0 Å². The van der Waals surface area contributed by atoms with Crippen LogP contribution in [-0.4, -0.2) is 13.2 Å². The van der Waals surface area contributed by atoms with Gasteiger partial charge in [0.05, 0.1) is 15.2 Å². The summed E-state index contributed by atoms with van der Waals surface area (Å²) in [6.07, 6.45) is -4.55.